The highest BCUT2D eigenvalue weighted by Gasteiger charge is 2.43. The molecule has 0 bridgehead atoms. The molecule has 184 valence electrons. The number of hydrogen-bond donors (Lipinski definition) is 1. The number of amides is 1. The number of aromatic nitrogens is 2. The van der Waals surface area contributed by atoms with Crippen LogP contribution in [-0.2, 0) is 17.0 Å². The molecule has 1 unspecified atom stereocenters. The zero-order chi connectivity index (χ0) is 26.3. The maximum Gasteiger partial charge on any atom is 0.476 e. The average Bonchev–Trinajstić information content (AvgIpc) is 3.09. The third-order valence-corrected chi connectivity index (χ3v) is 5.99. The standard InChI is InChI=1S/C19H7Cl2F7N4O2S/c20-11-5-9(18(23,24)25)6-12(21)14(11)32-16(30-17(33)8-1-3-10(22)4-2-8)15(13(7-29)31-32)35(34)19(26,27)28/h1-6H,(H,30,33). The molecular weight excluding hydrogens is 552 g/mol. The number of alkyl halides is 6. The number of nitrogens with one attached hydrogen (secondary N) is 1. The highest BCUT2D eigenvalue weighted by Crippen LogP contribution is 2.41. The number of hydrogen-bond acceptors (Lipinski definition) is 4. The summed E-state index contributed by atoms with van der Waals surface area (Å²) in [7, 11) is -3.93. The van der Waals surface area contributed by atoms with E-state index < -0.39 is 71.9 Å². The molecule has 0 saturated carbocycles. The summed E-state index contributed by atoms with van der Waals surface area (Å²) in [5.74, 6) is -2.90. The average molecular weight is 559 g/mol. The number of anilines is 1. The number of carbonyl (C=O) groups excluding carboxylic acids is 1. The van der Waals surface area contributed by atoms with E-state index in [-0.39, 0.29) is 5.56 Å². The molecule has 3 rings (SSSR count). The van der Waals surface area contributed by atoms with Gasteiger partial charge in [-0.2, -0.15) is 36.7 Å². The van der Waals surface area contributed by atoms with E-state index in [0.717, 1.165) is 24.3 Å². The van der Waals surface area contributed by atoms with Gasteiger partial charge in [-0.1, -0.05) is 23.2 Å². The van der Waals surface area contributed by atoms with Gasteiger partial charge in [0.25, 0.3) is 5.91 Å². The summed E-state index contributed by atoms with van der Waals surface area (Å²) >= 11 is 11.8. The van der Waals surface area contributed by atoms with Crippen molar-refractivity contribution >= 4 is 45.7 Å². The van der Waals surface area contributed by atoms with Crippen LogP contribution in [0.15, 0.2) is 41.3 Å². The quantitative estimate of drug-likeness (QED) is 0.392. The molecule has 1 heterocycles. The maximum absolute atomic E-state index is 13.3. The first kappa shape index (κ1) is 26.5. The molecule has 0 saturated heterocycles. The fraction of sp³-hybridized carbons (Fsp3) is 0.105. The van der Waals surface area contributed by atoms with Crippen LogP contribution in [0.5, 0.6) is 0 Å². The summed E-state index contributed by atoms with van der Waals surface area (Å²) in [6.45, 7) is 0. The van der Waals surface area contributed by atoms with E-state index in [0.29, 0.717) is 16.8 Å². The summed E-state index contributed by atoms with van der Waals surface area (Å²) in [6.07, 6.45) is -4.89. The number of rotatable bonds is 4. The zero-order valence-corrected chi connectivity index (χ0v) is 18.8. The van der Waals surface area contributed by atoms with Crippen LogP contribution in [0, 0.1) is 17.1 Å². The monoisotopic (exact) mass is 558 g/mol. The number of carbonyl (C=O) groups is 1. The molecule has 1 aromatic heterocycles. The van der Waals surface area contributed by atoms with Crippen LogP contribution in [0.25, 0.3) is 5.69 Å². The summed E-state index contributed by atoms with van der Waals surface area (Å²) in [5.41, 5.74) is -8.73. The predicted molar refractivity (Wildman–Crippen MR) is 110 cm³/mol. The van der Waals surface area contributed by atoms with Crippen LogP contribution < -0.4 is 5.32 Å². The molecule has 0 radical (unpaired) electrons. The minimum atomic E-state index is -5.43. The largest absolute Gasteiger partial charge is 0.476 e. The third kappa shape index (κ3) is 5.42. The van der Waals surface area contributed by atoms with E-state index >= 15 is 0 Å². The van der Waals surface area contributed by atoms with Gasteiger partial charge in [0.15, 0.2) is 22.3 Å². The first-order valence-corrected chi connectivity index (χ1v) is 10.7. The molecule has 1 N–H and O–H groups in total. The van der Waals surface area contributed by atoms with Gasteiger partial charge in [-0.25, -0.2) is 13.3 Å². The Kier molecular flexibility index (Phi) is 7.16. The van der Waals surface area contributed by atoms with Crippen LogP contribution in [0.4, 0.5) is 36.6 Å². The van der Waals surface area contributed by atoms with Crippen molar-refractivity contribution in [3.8, 4) is 11.8 Å². The van der Waals surface area contributed by atoms with Gasteiger partial charge in [0.1, 0.15) is 22.5 Å². The molecule has 0 spiro atoms. The van der Waals surface area contributed by atoms with E-state index in [1.165, 1.54) is 6.07 Å². The molecule has 0 aliphatic carbocycles. The van der Waals surface area contributed by atoms with Gasteiger partial charge in [-0.05, 0) is 36.4 Å². The highest BCUT2D eigenvalue weighted by atomic mass is 35.5. The minimum absolute atomic E-state index is 0.272. The molecule has 16 heteroatoms. The maximum atomic E-state index is 13.3. The lowest BCUT2D eigenvalue weighted by atomic mass is 10.2. The second-order valence-corrected chi connectivity index (χ2v) is 8.73. The second-order valence-electron chi connectivity index (χ2n) is 6.51. The normalized spacial score (nSPS) is 12.8. The van der Waals surface area contributed by atoms with Gasteiger partial charge in [-0.15, -0.1) is 0 Å². The van der Waals surface area contributed by atoms with Crippen LogP contribution in [0.2, 0.25) is 10.0 Å². The number of nitriles is 1. The Hall–Kier alpha value is -3.15. The van der Waals surface area contributed by atoms with Crippen molar-refractivity contribution < 1.29 is 39.7 Å². The molecule has 1 atom stereocenters. The van der Waals surface area contributed by atoms with Crippen molar-refractivity contribution in [3.63, 3.8) is 0 Å². The molecule has 0 aliphatic heterocycles. The number of halogens is 9. The van der Waals surface area contributed by atoms with E-state index in [4.69, 9.17) is 23.2 Å². The van der Waals surface area contributed by atoms with Gasteiger partial charge in [-0.3, -0.25) is 4.79 Å². The first-order valence-electron chi connectivity index (χ1n) is 8.80. The zero-order valence-electron chi connectivity index (χ0n) is 16.4. The smallest absolute Gasteiger partial charge is 0.305 e. The van der Waals surface area contributed by atoms with E-state index in [9.17, 15) is 45.0 Å². The first-order chi connectivity index (χ1) is 16.1. The highest BCUT2D eigenvalue weighted by molar-refractivity contribution is 7.86. The lowest BCUT2D eigenvalue weighted by Gasteiger charge is -2.16. The predicted octanol–water partition coefficient (Wildman–Crippen LogP) is 6.09. The fourth-order valence-electron chi connectivity index (χ4n) is 2.75. The lowest BCUT2D eigenvalue weighted by Crippen LogP contribution is -2.21. The Balaban J connectivity index is 2.29. The minimum Gasteiger partial charge on any atom is -0.305 e. The van der Waals surface area contributed by atoms with Crippen LogP contribution in [0.1, 0.15) is 21.6 Å². The Morgan fingerprint density at radius 1 is 1.06 bits per heavy atom. The molecule has 0 fully saturated rings. The topological polar surface area (TPSA) is 87.8 Å². The fourth-order valence-corrected chi connectivity index (χ4v) is 4.21. The summed E-state index contributed by atoms with van der Waals surface area (Å²) in [5, 5.41) is 13.3. The van der Waals surface area contributed by atoms with Gasteiger partial charge in [0, 0.05) is 5.56 Å². The SMILES string of the molecule is N#Cc1nn(-c2c(Cl)cc(C(F)(F)F)cc2Cl)c(NC(=O)c2ccc(F)cc2)c1S(=O)C(F)(F)F. The molecule has 3 aromatic rings. The van der Waals surface area contributed by atoms with Crippen LogP contribution >= 0.6 is 23.2 Å². The molecular formula is C19H7Cl2F7N4O2S. The van der Waals surface area contributed by atoms with Crippen molar-refractivity contribution in [2.24, 2.45) is 0 Å². The summed E-state index contributed by atoms with van der Waals surface area (Å²) < 4.78 is 105. The van der Waals surface area contributed by atoms with Crippen molar-refractivity contribution in [1.29, 1.82) is 5.26 Å². The summed E-state index contributed by atoms with van der Waals surface area (Å²) in [4.78, 5) is 11.3. The Bertz CT molecular complexity index is 1360. The number of nitrogens with zero attached hydrogens (tertiary/aromatic N) is 3. The van der Waals surface area contributed by atoms with Crippen molar-refractivity contribution in [2.75, 3.05) is 5.32 Å². The van der Waals surface area contributed by atoms with Crippen molar-refractivity contribution in [3.05, 3.63) is 69.1 Å². The third-order valence-electron chi connectivity index (χ3n) is 4.24. The van der Waals surface area contributed by atoms with Gasteiger partial charge < -0.3 is 5.32 Å². The van der Waals surface area contributed by atoms with Gasteiger partial charge in [0.2, 0.25) is 0 Å². The van der Waals surface area contributed by atoms with E-state index in [1.54, 1.807) is 0 Å². The molecule has 1 amide bonds. The molecule has 6 nitrogen and oxygen atoms in total. The van der Waals surface area contributed by atoms with Crippen molar-refractivity contribution in [2.45, 2.75) is 16.6 Å². The second kappa shape index (κ2) is 9.48. The van der Waals surface area contributed by atoms with E-state index in [1.807, 2.05) is 5.32 Å². The van der Waals surface area contributed by atoms with Crippen LogP contribution in [-0.4, -0.2) is 25.4 Å². The Morgan fingerprint density at radius 2 is 1.60 bits per heavy atom. The lowest BCUT2D eigenvalue weighted by molar-refractivity contribution is -0.137. The van der Waals surface area contributed by atoms with E-state index in [2.05, 4.69) is 5.10 Å². The molecule has 2 aromatic carbocycles. The van der Waals surface area contributed by atoms with Crippen LogP contribution in [0.3, 0.4) is 0 Å². The summed E-state index contributed by atoms with van der Waals surface area (Å²) in [6, 6.07) is 5.73. The molecule has 0 aliphatic rings. The molecule has 35 heavy (non-hydrogen) atoms. The van der Waals surface area contributed by atoms with Gasteiger partial charge >= 0.3 is 11.7 Å². The Morgan fingerprint density at radius 3 is 2.06 bits per heavy atom. The van der Waals surface area contributed by atoms with Crippen molar-refractivity contribution in [1.82, 2.24) is 9.78 Å². The number of benzene rings is 2. The Labute approximate surface area is 203 Å². The van der Waals surface area contributed by atoms with Gasteiger partial charge in [0.05, 0.1) is 15.6 Å².